The summed E-state index contributed by atoms with van der Waals surface area (Å²) in [5.74, 6) is -0.329. The number of aryl methyl sites for hydroxylation is 1. The smallest absolute Gasteiger partial charge is 0.290 e. The second kappa shape index (κ2) is 5.93. The van der Waals surface area contributed by atoms with Gasteiger partial charge in [-0.3, -0.25) is 14.9 Å². The van der Waals surface area contributed by atoms with Crippen LogP contribution in [0.5, 0.6) is 0 Å². The summed E-state index contributed by atoms with van der Waals surface area (Å²) in [6.07, 6.45) is 1.79. The van der Waals surface area contributed by atoms with E-state index in [9.17, 15) is 9.59 Å². The van der Waals surface area contributed by atoms with E-state index in [0.717, 1.165) is 34.4 Å². The summed E-state index contributed by atoms with van der Waals surface area (Å²) < 4.78 is 2.19. The summed E-state index contributed by atoms with van der Waals surface area (Å²) in [5.41, 5.74) is 4.17. The normalized spacial score (nSPS) is 16.0. The van der Waals surface area contributed by atoms with Crippen LogP contribution in [0.15, 0.2) is 53.4 Å². The zero-order valence-electron chi connectivity index (χ0n) is 13.9. The summed E-state index contributed by atoms with van der Waals surface area (Å²) in [5, 5.41) is 4.33. The zero-order chi connectivity index (χ0) is 17.6. The van der Waals surface area contributed by atoms with Gasteiger partial charge in [0, 0.05) is 16.8 Å². The first kappa shape index (κ1) is 15.7. The van der Waals surface area contributed by atoms with E-state index in [2.05, 4.69) is 34.1 Å². The highest BCUT2D eigenvalue weighted by atomic mass is 32.2. The average molecular weight is 348 g/mol. The molecule has 2 heterocycles. The third kappa shape index (κ3) is 2.66. The van der Waals surface area contributed by atoms with E-state index in [0.29, 0.717) is 4.91 Å². The van der Waals surface area contributed by atoms with Gasteiger partial charge in [-0.05, 0) is 54.8 Å². The molecule has 1 N–H and O–H groups in total. The van der Waals surface area contributed by atoms with Crippen molar-refractivity contribution in [3.8, 4) is 5.69 Å². The van der Waals surface area contributed by atoms with Crippen molar-refractivity contribution < 1.29 is 9.59 Å². The van der Waals surface area contributed by atoms with Crippen LogP contribution in [0.3, 0.4) is 0 Å². The predicted octanol–water partition coefficient (Wildman–Crippen LogP) is 4.57. The first-order valence-electron chi connectivity index (χ1n) is 7.96. The monoisotopic (exact) mass is 348 g/mol. The van der Waals surface area contributed by atoms with Crippen LogP contribution >= 0.6 is 11.8 Å². The molecule has 2 aromatic carbocycles. The molecular formula is C20H16N2O2S. The van der Waals surface area contributed by atoms with E-state index in [1.807, 2.05) is 38.1 Å². The number of benzene rings is 2. The highest BCUT2D eigenvalue weighted by Gasteiger charge is 2.25. The highest BCUT2D eigenvalue weighted by Crippen LogP contribution is 2.31. The van der Waals surface area contributed by atoms with Gasteiger partial charge in [0.25, 0.3) is 11.1 Å². The maximum absolute atomic E-state index is 11.8. The van der Waals surface area contributed by atoms with Crippen molar-refractivity contribution in [1.29, 1.82) is 0 Å². The molecule has 0 atom stereocenters. The van der Waals surface area contributed by atoms with Gasteiger partial charge in [-0.25, -0.2) is 0 Å². The van der Waals surface area contributed by atoms with Crippen LogP contribution in [0.4, 0.5) is 4.79 Å². The van der Waals surface area contributed by atoms with Crippen LogP contribution in [-0.2, 0) is 4.79 Å². The van der Waals surface area contributed by atoms with Gasteiger partial charge in [0.1, 0.15) is 0 Å². The average Bonchev–Trinajstić information content (AvgIpc) is 3.05. The SMILES string of the molecule is Cc1cc(/C=C2\SC(=O)NC2=O)c(C)n1-c1cccc2ccccc12. The Balaban J connectivity index is 1.87. The molecule has 0 aliphatic carbocycles. The Labute approximate surface area is 149 Å². The minimum atomic E-state index is -0.329. The first-order valence-corrected chi connectivity index (χ1v) is 8.78. The number of nitrogens with zero attached hydrogens (tertiary/aromatic N) is 1. The highest BCUT2D eigenvalue weighted by molar-refractivity contribution is 8.18. The van der Waals surface area contributed by atoms with Crippen LogP contribution < -0.4 is 5.32 Å². The largest absolute Gasteiger partial charge is 0.317 e. The van der Waals surface area contributed by atoms with E-state index in [1.54, 1.807) is 6.08 Å². The van der Waals surface area contributed by atoms with Gasteiger partial charge < -0.3 is 4.57 Å². The number of hydrogen-bond donors (Lipinski definition) is 1. The maximum atomic E-state index is 11.8. The van der Waals surface area contributed by atoms with Crippen molar-refractivity contribution in [3.05, 3.63) is 70.4 Å². The van der Waals surface area contributed by atoms with Crippen molar-refractivity contribution in [3.63, 3.8) is 0 Å². The molecule has 0 spiro atoms. The molecule has 4 nitrogen and oxygen atoms in total. The Morgan fingerprint density at radius 2 is 1.80 bits per heavy atom. The van der Waals surface area contributed by atoms with Crippen LogP contribution in [-0.4, -0.2) is 15.7 Å². The fourth-order valence-corrected chi connectivity index (χ4v) is 3.94. The van der Waals surface area contributed by atoms with Gasteiger partial charge in [-0.15, -0.1) is 0 Å². The van der Waals surface area contributed by atoms with Gasteiger partial charge in [0.05, 0.1) is 10.6 Å². The first-order chi connectivity index (χ1) is 12.0. The molecule has 2 amide bonds. The van der Waals surface area contributed by atoms with Crippen LogP contribution in [0.25, 0.3) is 22.5 Å². The van der Waals surface area contributed by atoms with E-state index in [4.69, 9.17) is 0 Å². The summed E-state index contributed by atoms with van der Waals surface area (Å²) in [6, 6.07) is 16.6. The third-order valence-electron chi connectivity index (χ3n) is 4.41. The zero-order valence-corrected chi connectivity index (χ0v) is 14.7. The number of carbonyl (C=O) groups is 2. The summed E-state index contributed by atoms with van der Waals surface area (Å²) in [7, 11) is 0. The van der Waals surface area contributed by atoms with Crippen molar-refractivity contribution >= 4 is 39.8 Å². The van der Waals surface area contributed by atoms with E-state index < -0.39 is 0 Å². The molecule has 1 aliphatic rings. The van der Waals surface area contributed by atoms with Crippen LogP contribution in [0.2, 0.25) is 0 Å². The Morgan fingerprint density at radius 3 is 2.56 bits per heavy atom. The van der Waals surface area contributed by atoms with Gasteiger partial charge in [-0.1, -0.05) is 36.4 Å². The van der Waals surface area contributed by atoms with Crippen molar-refractivity contribution in [1.82, 2.24) is 9.88 Å². The molecular weight excluding hydrogens is 332 g/mol. The Bertz CT molecular complexity index is 1060. The minimum absolute atomic E-state index is 0.320. The van der Waals surface area contributed by atoms with E-state index >= 15 is 0 Å². The number of nitrogens with one attached hydrogen (secondary N) is 1. The standard InChI is InChI=1S/C20H16N2O2S/c1-12-10-15(11-18-19(23)21-20(24)25-18)13(2)22(12)17-9-5-7-14-6-3-4-8-16(14)17/h3-11H,1-2H3,(H,21,23,24)/b18-11-. The Hall–Kier alpha value is -2.79. The quantitative estimate of drug-likeness (QED) is 0.690. The van der Waals surface area contributed by atoms with Gasteiger partial charge >= 0.3 is 0 Å². The Morgan fingerprint density at radius 1 is 1.04 bits per heavy atom. The number of fused-ring (bicyclic) bond motifs is 1. The molecule has 0 radical (unpaired) electrons. The maximum Gasteiger partial charge on any atom is 0.290 e. The van der Waals surface area contributed by atoms with Crippen molar-refractivity contribution in [2.24, 2.45) is 0 Å². The lowest BCUT2D eigenvalue weighted by molar-refractivity contribution is -0.115. The van der Waals surface area contributed by atoms with Gasteiger partial charge in [0.15, 0.2) is 0 Å². The van der Waals surface area contributed by atoms with Crippen molar-refractivity contribution in [2.45, 2.75) is 13.8 Å². The van der Waals surface area contributed by atoms with Gasteiger partial charge in [0.2, 0.25) is 0 Å². The molecule has 4 rings (SSSR count). The molecule has 0 saturated carbocycles. The molecule has 3 aromatic rings. The lowest BCUT2D eigenvalue weighted by Gasteiger charge is -2.13. The van der Waals surface area contributed by atoms with Crippen LogP contribution in [0, 0.1) is 13.8 Å². The lowest BCUT2D eigenvalue weighted by atomic mass is 10.1. The topological polar surface area (TPSA) is 51.1 Å². The molecule has 0 bridgehead atoms. The second-order valence-electron chi connectivity index (χ2n) is 6.01. The second-order valence-corrected chi connectivity index (χ2v) is 7.03. The number of amides is 2. The molecule has 1 aliphatic heterocycles. The van der Waals surface area contributed by atoms with Gasteiger partial charge in [-0.2, -0.15) is 0 Å². The fraction of sp³-hybridized carbons (Fsp3) is 0.100. The summed E-state index contributed by atoms with van der Waals surface area (Å²) >= 11 is 0.943. The van der Waals surface area contributed by atoms with Crippen LogP contribution in [0.1, 0.15) is 17.0 Å². The predicted molar refractivity (Wildman–Crippen MR) is 102 cm³/mol. The molecule has 25 heavy (non-hydrogen) atoms. The molecule has 1 aromatic heterocycles. The molecule has 1 fully saturated rings. The molecule has 124 valence electrons. The van der Waals surface area contributed by atoms with E-state index in [-0.39, 0.29) is 11.1 Å². The molecule has 1 saturated heterocycles. The lowest BCUT2D eigenvalue weighted by Crippen LogP contribution is -2.17. The molecule has 5 heteroatoms. The number of thioether (sulfide) groups is 1. The number of carbonyl (C=O) groups excluding carboxylic acids is 2. The van der Waals surface area contributed by atoms with E-state index in [1.165, 1.54) is 10.8 Å². The number of hydrogen-bond acceptors (Lipinski definition) is 3. The minimum Gasteiger partial charge on any atom is -0.317 e. The number of aromatic nitrogens is 1. The third-order valence-corrected chi connectivity index (χ3v) is 5.22. The number of rotatable bonds is 2. The Kier molecular flexibility index (Phi) is 3.73. The number of imide groups is 1. The summed E-state index contributed by atoms with van der Waals surface area (Å²) in [6.45, 7) is 4.07. The summed E-state index contributed by atoms with van der Waals surface area (Å²) in [4.78, 5) is 23.6. The van der Waals surface area contributed by atoms with Crippen molar-refractivity contribution in [2.75, 3.05) is 0 Å². The molecule has 0 unspecified atom stereocenters. The fourth-order valence-electron chi connectivity index (χ4n) is 3.27.